The maximum atomic E-state index is 5.58. The molecule has 0 amide bonds. The zero-order valence-corrected chi connectivity index (χ0v) is 8.58. The van der Waals surface area contributed by atoms with Crippen LogP contribution in [0, 0.1) is 11.8 Å². The largest absolute Gasteiger partial charge is 0.381 e. The van der Waals surface area contributed by atoms with Crippen molar-refractivity contribution in [2.75, 3.05) is 26.4 Å². The van der Waals surface area contributed by atoms with Gasteiger partial charge in [-0.1, -0.05) is 0 Å². The Balaban J connectivity index is 1.79. The van der Waals surface area contributed by atoms with E-state index in [9.17, 15) is 0 Å². The predicted molar refractivity (Wildman–Crippen MR) is 53.6 cm³/mol. The molecule has 3 N–H and O–H groups in total. The van der Waals surface area contributed by atoms with Crippen LogP contribution in [0.1, 0.15) is 19.3 Å². The second-order valence-electron chi connectivity index (χ2n) is 4.36. The first-order valence-corrected chi connectivity index (χ1v) is 5.51. The Hall–Kier alpha value is -0.160. The van der Waals surface area contributed by atoms with Gasteiger partial charge in [-0.25, -0.2) is 0 Å². The molecule has 0 aromatic carbocycles. The Morgan fingerprint density at radius 3 is 2.57 bits per heavy atom. The highest BCUT2D eigenvalue weighted by molar-refractivity contribution is 4.81. The summed E-state index contributed by atoms with van der Waals surface area (Å²) < 4.78 is 10.7. The first-order valence-electron chi connectivity index (χ1n) is 5.51. The highest BCUT2D eigenvalue weighted by Gasteiger charge is 2.28. The van der Waals surface area contributed by atoms with Gasteiger partial charge in [0.2, 0.25) is 0 Å². The average Bonchev–Trinajstić information content (AvgIpc) is 2.86. The molecule has 82 valence electrons. The molecule has 0 bridgehead atoms. The molecule has 4 nitrogen and oxygen atoms in total. The number of hydrazine groups is 1. The minimum absolute atomic E-state index is 0.407. The molecule has 2 fully saturated rings. The highest BCUT2D eigenvalue weighted by atomic mass is 16.5. The maximum absolute atomic E-state index is 5.58. The Morgan fingerprint density at radius 1 is 1.21 bits per heavy atom. The van der Waals surface area contributed by atoms with Gasteiger partial charge in [-0.05, 0) is 25.2 Å². The molecular formula is C10H20N2O2. The average molecular weight is 200 g/mol. The van der Waals surface area contributed by atoms with E-state index in [2.05, 4.69) is 5.43 Å². The molecule has 14 heavy (non-hydrogen) atoms. The van der Waals surface area contributed by atoms with Crippen LogP contribution in [0.5, 0.6) is 0 Å². The van der Waals surface area contributed by atoms with Crippen LogP contribution in [0.25, 0.3) is 0 Å². The molecule has 0 saturated carbocycles. The van der Waals surface area contributed by atoms with Crippen LogP contribution < -0.4 is 11.3 Å². The van der Waals surface area contributed by atoms with Gasteiger partial charge in [0.25, 0.3) is 0 Å². The quantitative estimate of drug-likeness (QED) is 0.505. The van der Waals surface area contributed by atoms with Crippen molar-refractivity contribution in [2.45, 2.75) is 25.3 Å². The number of nitrogens with two attached hydrogens (primary N) is 1. The first-order chi connectivity index (χ1) is 6.90. The zero-order valence-electron chi connectivity index (χ0n) is 8.58. The van der Waals surface area contributed by atoms with Crippen molar-refractivity contribution in [3.8, 4) is 0 Å². The Morgan fingerprint density at radius 2 is 2.00 bits per heavy atom. The van der Waals surface area contributed by atoms with Crippen LogP contribution in [-0.4, -0.2) is 32.5 Å². The number of hydrogen-bond acceptors (Lipinski definition) is 4. The van der Waals surface area contributed by atoms with Gasteiger partial charge in [-0.2, -0.15) is 0 Å². The van der Waals surface area contributed by atoms with Crippen molar-refractivity contribution in [3.63, 3.8) is 0 Å². The number of nitrogens with one attached hydrogen (secondary N) is 1. The standard InChI is InChI=1S/C10H20N2O2/c11-12-10(9-2-4-14-7-9)5-8-1-3-13-6-8/h8-10,12H,1-7,11H2. The van der Waals surface area contributed by atoms with Crippen molar-refractivity contribution in [3.05, 3.63) is 0 Å². The highest BCUT2D eigenvalue weighted by Crippen LogP contribution is 2.25. The molecule has 2 aliphatic rings. The van der Waals surface area contributed by atoms with E-state index in [1.807, 2.05) is 0 Å². The van der Waals surface area contributed by atoms with Crippen LogP contribution in [-0.2, 0) is 9.47 Å². The van der Waals surface area contributed by atoms with Crippen molar-refractivity contribution in [2.24, 2.45) is 17.7 Å². The summed E-state index contributed by atoms with van der Waals surface area (Å²) >= 11 is 0. The molecular weight excluding hydrogens is 180 g/mol. The molecule has 2 saturated heterocycles. The van der Waals surface area contributed by atoms with Crippen molar-refractivity contribution in [1.82, 2.24) is 5.43 Å². The van der Waals surface area contributed by atoms with Gasteiger partial charge in [-0.15, -0.1) is 0 Å². The Bertz CT molecular complexity index is 166. The summed E-state index contributed by atoms with van der Waals surface area (Å²) in [5.41, 5.74) is 2.94. The minimum atomic E-state index is 0.407. The van der Waals surface area contributed by atoms with E-state index in [1.54, 1.807) is 0 Å². The van der Waals surface area contributed by atoms with E-state index >= 15 is 0 Å². The summed E-state index contributed by atoms with van der Waals surface area (Å²) in [6.45, 7) is 3.58. The smallest absolute Gasteiger partial charge is 0.0510 e. The van der Waals surface area contributed by atoms with E-state index in [1.165, 1.54) is 6.42 Å². The lowest BCUT2D eigenvalue weighted by Gasteiger charge is -2.23. The van der Waals surface area contributed by atoms with Crippen LogP contribution in [0.2, 0.25) is 0 Å². The van der Waals surface area contributed by atoms with E-state index in [0.29, 0.717) is 17.9 Å². The zero-order chi connectivity index (χ0) is 9.80. The van der Waals surface area contributed by atoms with Gasteiger partial charge >= 0.3 is 0 Å². The molecule has 3 unspecified atom stereocenters. The van der Waals surface area contributed by atoms with Crippen LogP contribution >= 0.6 is 0 Å². The van der Waals surface area contributed by atoms with Gasteiger partial charge < -0.3 is 9.47 Å². The summed E-state index contributed by atoms with van der Waals surface area (Å²) in [6.07, 6.45) is 3.46. The number of rotatable bonds is 4. The van der Waals surface area contributed by atoms with Gasteiger partial charge in [0, 0.05) is 31.8 Å². The van der Waals surface area contributed by atoms with E-state index in [4.69, 9.17) is 15.3 Å². The maximum Gasteiger partial charge on any atom is 0.0510 e. The van der Waals surface area contributed by atoms with Crippen molar-refractivity contribution in [1.29, 1.82) is 0 Å². The van der Waals surface area contributed by atoms with Gasteiger partial charge in [0.05, 0.1) is 6.61 Å². The molecule has 2 aliphatic heterocycles. The summed E-state index contributed by atoms with van der Waals surface area (Å²) in [6, 6.07) is 0.407. The van der Waals surface area contributed by atoms with E-state index in [-0.39, 0.29) is 0 Å². The summed E-state index contributed by atoms with van der Waals surface area (Å²) in [4.78, 5) is 0. The predicted octanol–water partition coefficient (Wildman–Crippen LogP) is 0.281. The van der Waals surface area contributed by atoms with Gasteiger partial charge in [-0.3, -0.25) is 11.3 Å². The lowest BCUT2D eigenvalue weighted by atomic mass is 9.90. The fourth-order valence-electron chi connectivity index (χ4n) is 2.40. The molecule has 2 heterocycles. The molecule has 0 aromatic rings. The third-order valence-corrected chi connectivity index (χ3v) is 3.36. The first kappa shape index (κ1) is 10.4. The molecule has 0 aliphatic carbocycles. The number of ether oxygens (including phenoxy) is 2. The third kappa shape index (κ3) is 2.45. The Labute approximate surface area is 85.1 Å². The van der Waals surface area contributed by atoms with Crippen LogP contribution in [0.4, 0.5) is 0 Å². The van der Waals surface area contributed by atoms with E-state index in [0.717, 1.165) is 39.3 Å². The van der Waals surface area contributed by atoms with Crippen molar-refractivity contribution < 1.29 is 9.47 Å². The Kier molecular flexibility index (Phi) is 3.75. The van der Waals surface area contributed by atoms with Crippen LogP contribution in [0.15, 0.2) is 0 Å². The molecule has 4 heteroatoms. The van der Waals surface area contributed by atoms with Gasteiger partial charge in [0.1, 0.15) is 0 Å². The lowest BCUT2D eigenvalue weighted by molar-refractivity contribution is 0.162. The van der Waals surface area contributed by atoms with Gasteiger partial charge in [0.15, 0.2) is 0 Å². The second kappa shape index (κ2) is 5.07. The molecule has 0 aromatic heterocycles. The second-order valence-corrected chi connectivity index (χ2v) is 4.36. The summed E-state index contributed by atoms with van der Waals surface area (Å²) in [5, 5.41) is 0. The lowest BCUT2D eigenvalue weighted by Crippen LogP contribution is -2.42. The number of hydrogen-bond donors (Lipinski definition) is 2. The third-order valence-electron chi connectivity index (χ3n) is 3.36. The normalized spacial score (nSPS) is 34.9. The molecule has 2 rings (SSSR count). The molecule has 3 atom stereocenters. The fourth-order valence-corrected chi connectivity index (χ4v) is 2.40. The minimum Gasteiger partial charge on any atom is -0.381 e. The van der Waals surface area contributed by atoms with Crippen molar-refractivity contribution >= 4 is 0 Å². The van der Waals surface area contributed by atoms with E-state index < -0.39 is 0 Å². The van der Waals surface area contributed by atoms with Crippen LogP contribution in [0.3, 0.4) is 0 Å². The molecule has 0 spiro atoms. The summed E-state index contributed by atoms with van der Waals surface area (Å²) in [5.74, 6) is 6.87. The topological polar surface area (TPSA) is 56.5 Å². The SMILES string of the molecule is NNC(CC1CCOC1)C1CCOC1. The monoisotopic (exact) mass is 200 g/mol. The molecule has 0 radical (unpaired) electrons. The summed E-state index contributed by atoms with van der Waals surface area (Å²) in [7, 11) is 0. The fraction of sp³-hybridized carbons (Fsp3) is 1.00.